The Morgan fingerprint density at radius 3 is 2.28 bits per heavy atom. The van der Waals surface area contributed by atoms with Crippen molar-refractivity contribution in [2.24, 2.45) is 4.99 Å². The van der Waals surface area contributed by atoms with Crippen LogP contribution in [0.3, 0.4) is 0 Å². The zero-order valence-electron chi connectivity index (χ0n) is 16.5. The summed E-state index contributed by atoms with van der Waals surface area (Å²) in [4.78, 5) is 16.5. The van der Waals surface area contributed by atoms with Gasteiger partial charge in [-0.15, -0.1) is 0 Å². The Hall–Kier alpha value is -3.60. The summed E-state index contributed by atoms with van der Waals surface area (Å²) in [7, 11) is 1.63. The van der Waals surface area contributed by atoms with Crippen LogP contribution in [0.2, 0.25) is 0 Å². The molecule has 0 saturated heterocycles. The summed E-state index contributed by atoms with van der Waals surface area (Å²) in [5, 5.41) is 2.93. The molecule has 0 bridgehead atoms. The van der Waals surface area contributed by atoms with Crippen molar-refractivity contribution >= 4 is 17.8 Å². The summed E-state index contributed by atoms with van der Waals surface area (Å²) in [5.74, 6) is 1.27. The van der Waals surface area contributed by atoms with E-state index in [4.69, 9.17) is 9.47 Å². The zero-order chi connectivity index (χ0) is 20.5. The Morgan fingerprint density at radius 2 is 1.62 bits per heavy atom. The molecule has 0 heterocycles. The van der Waals surface area contributed by atoms with Gasteiger partial charge in [-0.25, -0.2) is 0 Å². The lowest BCUT2D eigenvalue weighted by molar-refractivity contribution is -0.123. The Bertz CT molecular complexity index is 936. The fourth-order valence-corrected chi connectivity index (χ4v) is 2.72. The molecule has 0 aromatic heterocycles. The maximum Gasteiger partial charge on any atom is 0.258 e. The van der Waals surface area contributed by atoms with Crippen LogP contribution in [-0.4, -0.2) is 25.8 Å². The number of hydrogen-bond acceptors (Lipinski definition) is 4. The minimum absolute atomic E-state index is 0.0313. The van der Waals surface area contributed by atoms with Crippen molar-refractivity contribution in [3.05, 3.63) is 90.0 Å². The fourth-order valence-electron chi connectivity index (χ4n) is 2.72. The lowest BCUT2D eigenvalue weighted by Crippen LogP contribution is -2.31. The summed E-state index contributed by atoms with van der Waals surface area (Å²) < 4.78 is 10.7. The summed E-state index contributed by atoms with van der Waals surface area (Å²) in [6.07, 6.45) is 1.78. The number of rotatable bonds is 8. The maximum atomic E-state index is 12.1. The molecule has 3 aromatic rings. The first-order valence-electron chi connectivity index (χ1n) is 9.39. The normalized spacial score (nSPS) is 11.8. The van der Waals surface area contributed by atoms with Crippen LogP contribution in [0.5, 0.6) is 11.5 Å². The monoisotopic (exact) mass is 388 g/mol. The molecule has 3 aromatic carbocycles. The molecular formula is C24H24N2O3. The molecular weight excluding hydrogens is 364 g/mol. The second kappa shape index (κ2) is 10.1. The van der Waals surface area contributed by atoms with Gasteiger partial charge in [0.2, 0.25) is 0 Å². The number of carbonyl (C=O) groups excluding carboxylic acids is 1. The average molecular weight is 388 g/mol. The van der Waals surface area contributed by atoms with Gasteiger partial charge in [-0.3, -0.25) is 9.79 Å². The number of ether oxygens (including phenoxy) is 2. The van der Waals surface area contributed by atoms with Gasteiger partial charge in [-0.1, -0.05) is 30.3 Å². The number of amides is 1. The first-order chi connectivity index (χ1) is 14.1. The third-order valence-corrected chi connectivity index (χ3v) is 4.36. The van der Waals surface area contributed by atoms with Gasteiger partial charge in [0.1, 0.15) is 11.5 Å². The quantitative estimate of drug-likeness (QED) is 0.569. The van der Waals surface area contributed by atoms with E-state index in [1.54, 1.807) is 13.3 Å². The highest BCUT2D eigenvalue weighted by molar-refractivity contribution is 5.82. The number of carbonyl (C=O) groups is 1. The molecule has 0 spiro atoms. The second-order valence-electron chi connectivity index (χ2n) is 6.51. The van der Waals surface area contributed by atoms with Gasteiger partial charge >= 0.3 is 0 Å². The number of nitrogens with one attached hydrogen (secondary N) is 1. The molecule has 5 heteroatoms. The van der Waals surface area contributed by atoms with Crippen LogP contribution in [-0.2, 0) is 4.79 Å². The van der Waals surface area contributed by atoms with Crippen LogP contribution in [0.25, 0.3) is 0 Å². The molecule has 0 aliphatic carbocycles. The topological polar surface area (TPSA) is 59.9 Å². The van der Waals surface area contributed by atoms with E-state index >= 15 is 0 Å². The maximum absolute atomic E-state index is 12.1. The van der Waals surface area contributed by atoms with Gasteiger partial charge in [0.25, 0.3) is 5.91 Å². The van der Waals surface area contributed by atoms with Gasteiger partial charge in [0, 0.05) is 6.21 Å². The van der Waals surface area contributed by atoms with E-state index < -0.39 is 0 Å². The SMILES string of the molecule is COc1ccc(N=Cc2ccc(OCC(=O)N[C@@H](C)c3ccccc3)cc2)cc1. The number of aliphatic imine (C=N–C) groups is 1. The van der Waals surface area contributed by atoms with Crippen molar-refractivity contribution in [3.8, 4) is 11.5 Å². The van der Waals surface area contributed by atoms with Gasteiger partial charge in [-0.05, 0) is 66.6 Å². The largest absolute Gasteiger partial charge is 0.497 e. The van der Waals surface area contributed by atoms with Gasteiger partial charge < -0.3 is 14.8 Å². The first kappa shape index (κ1) is 20.1. The van der Waals surface area contributed by atoms with Crippen LogP contribution in [0.4, 0.5) is 5.69 Å². The summed E-state index contributed by atoms with van der Waals surface area (Å²) in [5.41, 5.74) is 2.84. The van der Waals surface area contributed by atoms with Crippen molar-refractivity contribution in [1.82, 2.24) is 5.32 Å². The molecule has 29 heavy (non-hydrogen) atoms. The summed E-state index contributed by atoms with van der Waals surface area (Å²) >= 11 is 0. The Morgan fingerprint density at radius 1 is 0.966 bits per heavy atom. The number of hydrogen-bond donors (Lipinski definition) is 1. The third kappa shape index (κ3) is 6.21. The minimum atomic E-state index is -0.161. The number of benzene rings is 3. The van der Waals surface area contributed by atoms with Crippen LogP contribution in [0, 0.1) is 0 Å². The van der Waals surface area contributed by atoms with E-state index in [2.05, 4.69) is 10.3 Å². The molecule has 5 nitrogen and oxygen atoms in total. The molecule has 0 fully saturated rings. The van der Waals surface area contributed by atoms with Gasteiger partial charge in [-0.2, -0.15) is 0 Å². The van der Waals surface area contributed by atoms with Crippen molar-refractivity contribution in [2.75, 3.05) is 13.7 Å². The molecule has 1 N–H and O–H groups in total. The van der Waals surface area contributed by atoms with E-state index in [0.29, 0.717) is 5.75 Å². The van der Waals surface area contributed by atoms with E-state index in [0.717, 1.165) is 22.6 Å². The lowest BCUT2D eigenvalue weighted by atomic mass is 10.1. The number of methoxy groups -OCH3 is 1. The van der Waals surface area contributed by atoms with Crippen molar-refractivity contribution in [1.29, 1.82) is 0 Å². The standard InChI is InChI=1S/C24H24N2O3/c1-18(20-6-4-3-5-7-20)26-24(27)17-29-23-12-8-19(9-13-23)16-25-21-10-14-22(28-2)15-11-21/h3-16,18H,17H2,1-2H3,(H,26,27)/t18-/m0/s1. The highest BCUT2D eigenvalue weighted by Crippen LogP contribution is 2.18. The molecule has 0 aliphatic heterocycles. The highest BCUT2D eigenvalue weighted by atomic mass is 16.5. The molecule has 1 amide bonds. The molecule has 0 saturated carbocycles. The van der Waals surface area contributed by atoms with Crippen LogP contribution >= 0.6 is 0 Å². The van der Waals surface area contributed by atoms with E-state index in [1.807, 2.05) is 85.8 Å². The van der Waals surface area contributed by atoms with Crippen molar-refractivity contribution < 1.29 is 14.3 Å². The first-order valence-corrected chi connectivity index (χ1v) is 9.39. The molecule has 0 aliphatic rings. The second-order valence-corrected chi connectivity index (χ2v) is 6.51. The lowest BCUT2D eigenvalue weighted by Gasteiger charge is -2.14. The summed E-state index contributed by atoms with van der Waals surface area (Å²) in [6, 6.07) is 24.7. The van der Waals surface area contributed by atoms with E-state index in [1.165, 1.54) is 0 Å². The van der Waals surface area contributed by atoms with Crippen LogP contribution in [0.1, 0.15) is 24.1 Å². The smallest absolute Gasteiger partial charge is 0.258 e. The predicted octanol–water partition coefficient (Wildman–Crippen LogP) is 4.70. The summed E-state index contributed by atoms with van der Waals surface area (Å²) in [6.45, 7) is 1.92. The zero-order valence-corrected chi connectivity index (χ0v) is 16.5. The Kier molecular flexibility index (Phi) is 7.00. The molecule has 0 unspecified atom stereocenters. The third-order valence-electron chi connectivity index (χ3n) is 4.36. The van der Waals surface area contributed by atoms with E-state index in [9.17, 15) is 4.79 Å². The number of nitrogens with zero attached hydrogens (tertiary/aromatic N) is 1. The minimum Gasteiger partial charge on any atom is -0.497 e. The Labute approximate surface area is 171 Å². The van der Waals surface area contributed by atoms with Gasteiger partial charge in [0.05, 0.1) is 18.8 Å². The fraction of sp³-hybridized carbons (Fsp3) is 0.167. The van der Waals surface area contributed by atoms with Crippen molar-refractivity contribution in [2.45, 2.75) is 13.0 Å². The Balaban J connectivity index is 1.48. The average Bonchev–Trinajstić information content (AvgIpc) is 2.78. The van der Waals surface area contributed by atoms with Crippen LogP contribution < -0.4 is 14.8 Å². The highest BCUT2D eigenvalue weighted by Gasteiger charge is 2.09. The predicted molar refractivity (Wildman–Crippen MR) is 115 cm³/mol. The molecule has 3 rings (SSSR count). The molecule has 1 atom stereocenters. The molecule has 0 radical (unpaired) electrons. The van der Waals surface area contributed by atoms with Crippen molar-refractivity contribution in [3.63, 3.8) is 0 Å². The molecule has 148 valence electrons. The van der Waals surface area contributed by atoms with Gasteiger partial charge in [0.15, 0.2) is 6.61 Å². The van der Waals surface area contributed by atoms with E-state index in [-0.39, 0.29) is 18.6 Å². The van der Waals surface area contributed by atoms with Crippen LogP contribution in [0.15, 0.2) is 83.9 Å².